The molecule has 13 heavy (non-hydrogen) atoms. The molecule has 2 N–H and O–H groups in total. The van der Waals surface area contributed by atoms with E-state index in [1.807, 2.05) is 6.20 Å². The third-order valence-electron chi connectivity index (χ3n) is 1.93. The van der Waals surface area contributed by atoms with Gasteiger partial charge in [-0.05, 0) is 11.5 Å². The van der Waals surface area contributed by atoms with Crippen LogP contribution in [0.2, 0.25) is 0 Å². The number of hydrogen-bond acceptors (Lipinski definition) is 3. The van der Waals surface area contributed by atoms with Gasteiger partial charge in [0.05, 0.1) is 25.5 Å². The van der Waals surface area contributed by atoms with Crippen LogP contribution in [0.25, 0.3) is 0 Å². The van der Waals surface area contributed by atoms with Crippen LogP contribution in [0, 0.1) is 0 Å². The molecule has 1 heterocycles. The molecule has 0 fully saturated rings. The van der Waals surface area contributed by atoms with Gasteiger partial charge in [0.1, 0.15) is 0 Å². The van der Waals surface area contributed by atoms with E-state index >= 15 is 0 Å². The molecule has 0 aliphatic carbocycles. The second-order valence-electron chi connectivity index (χ2n) is 3.49. The smallest absolute Gasteiger partial charge is 0.0966 e. The second kappa shape index (κ2) is 4.39. The standard InChI is InChI=1S/C9H16N2O2/c1-7(2)8-3-10-11(4-8)5-9(13)6-12/h3-4,7,9,12-13H,5-6H2,1-2H3. The Morgan fingerprint density at radius 1 is 1.54 bits per heavy atom. The Kier molecular flexibility index (Phi) is 3.45. The van der Waals surface area contributed by atoms with E-state index in [1.54, 1.807) is 10.9 Å². The Labute approximate surface area is 77.8 Å². The first-order valence-corrected chi connectivity index (χ1v) is 4.44. The lowest BCUT2D eigenvalue weighted by Gasteiger charge is -2.06. The van der Waals surface area contributed by atoms with E-state index in [0.717, 1.165) is 5.56 Å². The molecule has 4 heteroatoms. The molecule has 0 aliphatic rings. The molecule has 0 amide bonds. The van der Waals surface area contributed by atoms with E-state index in [0.29, 0.717) is 12.5 Å². The molecule has 0 spiro atoms. The third kappa shape index (κ3) is 2.82. The lowest BCUT2D eigenvalue weighted by molar-refractivity contribution is 0.0782. The number of aliphatic hydroxyl groups excluding tert-OH is 2. The van der Waals surface area contributed by atoms with E-state index < -0.39 is 6.10 Å². The van der Waals surface area contributed by atoms with Crippen LogP contribution >= 0.6 is 0 Å². The highest BCUT2D eigenvalue weighted by Crippen LogP contribution is 2.12. The van der Waals surface area contributed by atoms with Crippen molar-refractivity contribution in [3.63, 3.8) is 0 Å². The number of rotatable bonds is 4. The topological polar surface area (TPSA) is 58.3 Å². The highest BCUT2D eigenvalue weighted by atomic mass is 16.3. The van der Waals surface area contributed by atoms with Crippen LogP contribution in [-0.4, -0.2) is 32.7 Å². The summed E-state index contributed by atoms with van der Waals surface area (Å²) < 4.78 is 1.65. The average Bonchev–Trinajstić information content (AvgIpc) is 2.52. The summed E-state index contributed by atoms with van der Waals surface area (Å²) in [6, 6.07) is 0. The SMILES string of the molecule is CC(C)c1cnn(CC(O)CO)c1. The molecule has 0 aromatic carbocycles. The van der Waals surface area contributed by atoms with E-state index in [-0.39, 0.29) is 6.61 Å². The normalized spacial score (nSPS) is 13.6. The molecule has 1 atom stereocenters. The maximum absolute atomic E-state index is 9.15. The lowest BCUT2D eigenvalue weighted by atomic mass is 10.1. The molecule has 0 saturated heterocycles. The molecule has 0 bridgehead atoms. The Hall–Kier alpha value is -0.870. The van der Waals surface area contributed by atoms with Crippen molar-refractivity contribution in [3.05, 3.63) is 18.0 Å². The number of nitrogens with zero attached hydrogens (tertiary/aromatic N) is 2. The van der Waals surface area contributed by atoms with Gasteiger partial charge in [-0.1, -0.05) is 13.8 Å². The average molecular weight is 184 g/mol. The lowest BCUT2D eigenvalue weighted by Crippen LogP contribution is -2.19. The first-order valence-electron chi connectivity index (χ1n) is 4.44. The van der Waals surface area contributed by atoms with E-state index in [4.69, 9.17) is 10.2 Å². The summed E-state index contributed by atoms with van der Waals surface area (Å²) in [7, 11) is 0. The molecule has 1 aromatic heterocycles. The van der Waals surface area contributed by atoms with Gasteiger partial charge < -0.3 is 10.2 Å². The fraction of sp³-hybridized carbons (Fsp3) is 0.667. The van der Waals surface area contributed by atoms with Gasteiger partial charge in [0, 0.05) is 6.20 Å². The van der Waals surface area contributed by atoms with E-state index in [9.17, 15) is 0 Å². The predicted molar refractivity (Wildman–Crippen MR) is 49.4 cm³/mol. The fourth-order valence-electron chi connectivity index (χ4n) is 1.05. The van der Waals surface area contributed by atoms with Crippen molar-refractivity contribution >= 4 is 0 Å². The maximum Gasteiger partial charge on any atom is 0.0966 e. The first-order chi connectivity index (χ1) is 6.13. The zero-order valence-electron chi connectivity index (χ0n) is 8.01. The summed E-state index contributed by atoms with van der Waals surface area (Å²) in [6.07, 6.45) is 2.96. The molecular formula is C9H16N2O2. The van der Waals surface area contributed by atoms with Gasteiger partial charge >= 0.3 is 0 Å². The van der Waals surface area contributed by atoms with Crippen LogP contribution in [0.15, 0.2) is 12.4 Å². The van der Waals surface area contributed by atoms with Crippen LogP contribution in [0.1, 0.15) is 25.3 Å². The second-order valence-corrected chi connectivity index (χ2v) is 3.49. The fourth-order valence-corrected chi connectivity index (χ4v) is 1.05. The van der Waals surface area contributed by atoms with Gasteiger partial charge in [-0.3, -0.25) is 4.68 Å². The highest BCUT2D eigenvalue weighted by Gasteiger charge is 2.06. The zero-order valence-corrected chi connectivity index (χ0v) is 8.01. The third-order valence-corrected chi connectivity index (χ3v) is 1.93. The Morgan fingerprint density at radius 3 is 2.69 bits per heavy atom. The minimum Gasteiger partial charge on any atom is -0.394 e. The van der Waals surface area contributed by atoms with Gasteiger partial charge in [0.2, 0.25) is 0 Å². The number of hydrogen-bond donors (Lipinski definition) is 2. The maximum atomic E-state index is 9.15. The van der Waals surface area contributed by atoms with Gasteiger partial charge in [-0.2, -0.15) is 5.10 Å². The quantitative estimate of drug-likeness (QED) is 0.710. The Bertz CT molecular complexity index is 258. The molecule has 1 aromatic rings. The van der Waals surface area contributed by atoms with Crippen LogP contribution in [0.5, 0.6) is 0 Å². The predicted octanol–water partition coefficient (Wildman–Crippen LogP) is 0.360. The van der Waals surface area contributed by atoms with Crippen molar-refractivity contribution in [2.75, 3.05) is 6.61 Å². The summed E-state index contributed by atoms with van der Waals surface area (Å²) in [4.78, 5) is 0. The summed E-state index contributed by atoms with van der Waals surface area (Å²) in [6.45, 7) is 4.30. The summed E-state index contributed by atoms with van der Waals surface area (Å²) in [5.41, 5.74) is 1.14. The van der Waals surface area contributed by atoms with Gasteiger partial charge in [0.15, 0.2) is 0 Å². The van der Waals surface area contributed by atoms with Crippen molar-refractivity contribution in [1.82, 2.24) is 9.78 Å². The van der Waals surface area contributed by atoms with Crippen LogP contribution < -0.4 is 0 Å². The van der Waals surface area contributed by atoms with E-state index in [2.05, 4.69) is 18.9 Å². The Morgan fingerprint density at radius 2 is 2.23 bits per heavy atom. The highest BCUT2D eigenvalue weighted by molar-refractivity contribution is 5.08. The van der Waals surface area contributed by atoms with Crippen molar-refractivity contribution in [2.24, 2.45) is 0 Å². The monoisotopic (exact) mass is 184 g/mol. The minimum atomic E-state index is -0.722. The Balaban J connectivity index is 2.58. The molecule has 1 unspecified atom stereocenters. The molecule has 74 valence electrons. The van der Waals surface area contributed by atoms with Gasteiger partial charge in [-0.15, -0.1) is 0 Å². The largest absolute Gasteiger partial charge is 0.394 e. The molecule has 4 nitrogen and oxygen atoms in total. The van der Waals surface area contributed by atoms with Crippen LogP contribution in [-0.2, 0) is 6.54 Å². The molecule has 0 saturated carbocycles. The zero-order chi connectivity index (χ0) is 9.84. The molecular weight excluding hydrogens is 168 g/mol. The minimum absolute atomic E-state index is 0.225. The van der Waals surface area contributed by atoms with Gasteiger partial charge in [0.25, 0.3) is 0 Å². The summed E-state index contributed by atoms with van der Waals surface area (Å²) in [5.74, 6) is 0.444. The molecule has 1 rings (SSSR count). The van der Waals surface area contributed by atoms with Crippen molar-refractivity contribution in [2.45, 2.75) is 32.4 Å². The summed E-state index contributed by atoms with van der Waals surface area (Å²) in [5, 5.41) is 21.8. The van der Waals surface area contributed by atoms with Crippen LogP contribution in [0.3, 0.4) is 0 Å². The van der Waals surface area contributed by atoms with Crippen molar-refractivity contribution in [3.8, 4) is 0 Å². The van der Waals surface area contributed by atoms with Crippen molar-refractivity contribution < 1.29 is 10.2 Å². The molecule has 0 aliphatic heterocycles. The van der Waals surface area contributed by atoms with Crippen LogP contribution in [0.4, 0.5) is 0 Å². The molecule has 0 radical (unpaired) electrons. The summed E-state index contributed by atoms with van der Waals surface area (Å²) >= 11 is 0. The first kappa shape index (κ1) is 10.2. The van der Waals surface area contributed by atoms with Crippen molar-refractivity contribution in [1.29, 1.82) is 0 Å². The van der Waals surface area contributed by atoms with E-state index in [1.165, 1.54) is 0 Å². The number of aromatic nitrogens is 2. The van der Waals surface area contributed by atoms with Gasteiger partial charge in [-0.25, -0.2) is 0 Å². The number of aliphatic hydroxyl groups is 2.